The summed E-state index contributed by atoms with van der Waals surface area (Å²) in [7, 11) is 0. The SMILES string of the molecule is CC(C)(C)OC(=O)CN1CC(N)CC(CCC(=O)O)C1. The molecule has 2 unspecified atom stereocenters. The molecule has 0 radical (unpaired) electrons. The highest BCUT2D eigenvalue weighted by molar-refractivity contribution is 5.72. The van der Waals surface area contributed by atoms with Crippen LogP contribution in [0.3, 0.4) is 0 Å². The predicted octanol–water partition coefficient (Wildman–Crippen LogP) is 0.842. The Morgan fingerprint density at radius 1 is 1.35 bits per heavy atom. The first-order valence-corrected chi connectivity index (χ1v) is 7.07. The maximum absolute atomic E-state index is 11.8. The summed E-state index contributed by atoms with van der Waals surface area (Å²) in [6.07, 6.45) is 1.57. The Bertz CT molecular complexity index is 352. The number of nitrogens with two attached hydrogens (primary N) is 1. The van der Waals surface area contributed by atoms with Crippen LogP contribution < -0.4 is 5.73 Å². The van der Waals surface area contributed by atoms with Gasteiger partial charge in [-0.3, -0.25) is 14.5 Å². The molecule has 1 heterocycles. The second kappa shape index (κ2) is 7.04. The van der Waals surface area contributed by atoms with E-state index in [4.69, 9.17) is 15.6 Å². The Balaban J connectivity index is 2.45. The lowest BCUT2D eigenvalue weighted by molar-refractivity contribution is -0.156. The van der Waals surface area contributed by atoms with Crippen molar-refractivity contribution in [2.75, 3.05) is 19.6 Å². The Morgan fingerprint density at radius 2 is 2.00 bits per heavy atom. The summed E-state index contributed by atoms with van der Waals surface area (Å²) in [5.41, 5.74) is 5.50. The monoisotopic (exact) mass is 286 g/mol. The maximum atomic E-state index is 11.8. The molecular weight excluding hydrogens is 260 g/mol. The third kappa shape index (κ3) is 6.86. The molecule has 0 amide bonds. The Labute approximate surface area is 120 Å². The first-order valence-electron chi connectivity index (χ1n) is 7.07. The summed E-state index contributed by atoms with van der Waals surface area (Å²) in [4.78, 5) is 24.4. The number of hydrogen-bond acceptors (Lipinski definition) is 5. The maximum Gasteiger partial charge on any atom is 0.320 e. The number of hydrogen-bond donors (Lipinski definition) is 2. The van der Waals surface area contributed by atoms with Gasteiger partial charge in [-0.1, -0.05) is 0 Å². The zero-order valence-electron chi connectivity index (χ0n) is 12.6. The molecule has 1 saturated heterocycles. The van der Waals surface area contributed by atoms with Crippen molar-refractivity contribution in [3.63, 3.8) is 0 Å². The van der Waals surface area contributed by atoms with E-state index in [-0.39, 0.29) is 30.9 Å². The number of rotatable bonds is 5. The highest BCUT2D eigenvalue weighted by atomic mass is 16.6. The van der Waals surface area contributed by atoms with E-state index in [1.54, 1.807) is 0 Å². The quantitative estimate of drug-likeness (QED) is 0.728. The molecule has 0 saturated carbocycles. The summed E-state index contributed by atoms with van der Waals surface area (Å²) < 4.78 is 5.29. The van der Waals surface area contributed by atoms with Crippen LogP contribution in [-0.4, -0.2) is 53.2 Å². The van der Waals surface area contributed by atoms with Gasteiger partial charge in [0.1, 0.15) is 5.60 Å². The molecule has 116 valence electrons. The zero-order valence-corrected chi connectivity index (χ0v) is 12.6. The number of nitrogens with zero attached hydrogens (tertiary/aromatic N) is 1. The summed E-state index contributed by atoms with van der Waals surface area (Å²) in [5.74, 6) is -0.816. The number of likely N-dealkylation sites (tertiary alicyclic amines) is 1. The minimum atomic E-state index is -0.789. The van der Waals surface area contributed by atoms with E-state index in [1.807, 2.05) is 25.7 Å². The van der Waals surface area contributed by atoms with Crippen LogP contribution in [0.5, 0.6) is 0 Å². The van der Waals surface area contributed by atoms with Gasteiger partial charge in [0.05, 0.1) is 6.54 Å². The van der Waals surface area contributed by atoms with Crippen molar-refractivity contribution in [2.24, 2.45) is 11.7 Å². The fourth-order valence-electron chi connectivity index (χ4n) is 2.57. The molecule has 0 aromatic heterocycles. The van der Waals surface area contributed by atoms with Crippen LogP contribution in [0.1, 0.15) is 40.0 Å². The van der Waals surface area contributed by atoms with Crippen molar-refractivity contribution < 1.29 is 19.4 Å². The molecule has 6 heteroatoms. The standard InChI is InChI=1S/C14H26N2O4/c1-14(2,3)20-13(19)9-16-7-10(4-5-12(17)18)6-11(15)8-16/h10-11H,4-9,15H2,1-3H3,(H,17,18). The first-order chi connectivity index (χ1) is 9.15. The lowest BCUT2D eigenvalue weighted by Crippen LogP contribution is -2.49. The van der Waals surface area contributed by atoms with Crippen LogP contribution in [0.2, 0.25) is 0 Å². The van der Waals surface area contributed by atoms with Gasteiger partial charge in [-0.05, 0) is 39.5 Å². The van der Waals surface area contributed by atoms with Crippen LogP contribution in [0, 0.1) is 5.92 Å². The lowest BCUT2D eigenvalue weighted by atomic mass is 9.91. The number of carbonyl (C=O) groups excluding carboxylic acids is 1. The van der Waals surface area contributed by atoms with E-state index in [0.717, 1.165) is 6.42 Å². The number of ether oxygens (including phenoxy) is 1. The predicted molar refractivity (Wildman–Crippen MR) is 75.2 cm³/mol. The number of piperidine rings is 1. The molecular formula is C14H26N2O4. The molecule has 1 rings (SSSR count). The lowest BCUT2D eigenvalue weighted by Gasteiger charge is -2.36. The van der Waals surface area contributed by atoms with Crippen molar-refractivity contribution in [1.82, 2.24) is 4.90 Å². The topological polar surface area (TPSA) is 92.9 Å². The first kappa shape index (κ1) is 16.9. The molecule has 1 aliphatic heterocycles. The van der Waals surface area contributed by atoms with Crippen LogP contribution in [0.25, 0.3) is 0 Å². The minimum absolute atomic E-state index is 0.00928. The molecule has 0 aromatic rings. The van der Waals surface area contributed by atoms with Gasteiger partial charge in [-0.25, -0.2) is 0 Å². The Kier molecular flexibility index (Phi) is 5.95. The van der Waals surface area contributed by atoms with Crippen molar-refractivity contribution in [1.29, 1.82) is 0 Å². The normalized spacial score (nSPS) is 24.4. The van der Waals surface area contributed by atoms with Crippen LogP contribution >= 0.6 is 0 Å². The Hall–Kier alpha value is -1.14. The molecule has 0 aromatic carbocycles. The van der Waals surface area contributed by atoms with Gasteiger partial charge in [0.2, 0.25) is 0 Å². The third-order valence-corrected chi connectivity index (χ3v) is 3.18. The van der Waals surface area contributed by atoms with Gasteiger partial charge in [-0.15, -0.1) is 0 Å². The van der Waals surface area contributed by atoms with E-state index in [1.165, 1.54) is 0 Å². The highest BCUT2D eigenvalue weighted by Gasteiger charge is 2.28. The molecule has 6 nitrogen and oxygen atoms in total. The smallest absolute Gasteiger partial charge is 0.320 e. The van der Waals surface area contributed by atoms with E-state index in [9.17, 15) is 9.59 Å². The van der Waals surface area contributed by atoms with Gasteiger partial charge >= 0.3 is 11.9 Å². The van der Waals surface area contributed by atoms with Crippen LogP contribution in [-0.2, 0) is 14.3 Å². The largest absolute Gasteiger partial charge is 0.481 e. The molecule has 0 bridgehead atoms. The highest BCUT2D eigenvalue weighted by Crippen LogP contribution is 2.20. The van der Waals surface area contributed by atoms with Crippen molar-refractivity contribution in [3.05, 3.63) is 0 Å². The number of esters is 1. The molecule has 1 fully saturated rings. The number of carbonyl (C=O) groups is 2. The van der Waals surface area contributed by atoms with E-state index in [0.29, 0.717) is 19.5 Å². The fraction of sp³-hybridized carbons (Fsp3) is 0.857. The molecule has 1 aliphatic rings. The molecule has 0 aliphatic carbocycles. The van der Waals surface area contributed by atoms with E-state index < -0.39 is 11.6 Å². The number of aliphatic carboxylic acids is 1. The van der Waals surface area contributed by atoms with Gasteiger partial charge in [0.25, 0.3) is 0 Å². The van der Waals surface area contributed by atoms with Gasteiger partial charge in [0.15, 0.2) is 0 Å². The van der Waals surface area contributed by atoms with Gasteiger partial charge in [-0.2, -0.15) is 0 Å². The summed E-state index contributed by atoms with van der Waals surface area (Å²) in [5, 5.41) is 8.73. The van der Waals surface area contributed by atoms with Crippen LogP contribution in [0.15, 0.2) is 0 Å². The van der Waals surface area contributed by atoms with E-state index in [2.05, 4.69) is 0 Å². The van der Waals surface area contributed by atoms with Gasteiger partial charge in [0, 0.05) is 25.6 Å². The van der Waals surface area contributed by atoms with Crippen LogP contribution in [0.4, 0.5) is 0 Å². The van der Waals surface area contributed by atoms with Crippen molar-refractivity contribution >= 4 is 11.9 Å². The molecule has 0 spiro atoms. The Morgan fingerprint density at radius 3 is 2.55 bits per heavy atom. The summed E-state index contributed by atoms with van der Waals surface area (Å²) in [6.45, 7) is 7.09. The second-order valence-electron chi connectivity index (χ2n) is 6.57. The van der Waals surface area contributed by atoms with Gasteiger partial charge < -0.3 is 15.6 Å². The zero-order chi connectivity index (χ0) is 15.3. The number of carboxylic acids is 1. The second-order valence-corrected chi connectivity index (χ2v) is 6.57. The average molecular weight is 286 g/mol. The average Bonchev–Trinajstić information content (AvgIpc) is 2.22. The van der Waals surface area contributed by atoms with Crippen molar-refractivity contribution in [3.8, 4) is 0 Å². The van der Waals surface area contributed by atoms with Crippen molar-refractivity contribution in [2.45, 2.75) is 51.7 Å². The minimum Gasteiger partial charge on any atom is -0.481 e. The summed E-state index contributed by atoms with van der Waals surface area (Å²) >= 11 is 0. The fourth-order valence-corrected chi connectivity index (χ4v) is 2.57. The summed E-state index contributed by atoms with van der Waals surface area (Å²) in [6, 6.07) is -0.00928. The van der Waals surface area contributed by atoms with E-state index >= 15 is 0 Å². The number of carboxylic acid groups (broad SMARTS) is 1. The molecule has 2 atom stereocenters. The molecule has 20 heavy (non-hydrogen) atoms. The third-order valence-electron chi connectivity index (χ3n) is 3.18. The molecule has 3 N–H and O–H groups in total.